The molecule has 0 aromatic carbocycles. The summed E-state index contributed by atoms with van der Waals surface area (Å²) in [6, 6.07) is 2.01. The lowest BCUT2D eigenvalue weighted by Gasteiger charge is -2.15. The van der Waals surface area contributed by atoms with Gasteiger partial charge in [0.25, 0.3) is 0 Å². The highest BCUT2D eigenvalue weighted by Gasteiger charge is 2.38. The fourth-order valence-corrected chi connectivity index (χ4v) is 2.92. The molecule has 0 amide bonds. The minimum absolute atomic E-state index is 0.0222. The van der Waals surface area contributed by atoms with Crippen molar-refractivity contribution in [3.63, 3.8) is 0 Å². The highest BCUT2D eigenvalue weighted by Crippen LogP contribution is 2.38. The van der Waals surface area contributed by atoms with Gasteiger partial charge in [0.1, 0.15) is 11.6 Å². The zero-order valence-electron chi connectivity index (χ0n) is 13.3. The average molecular weight is 354 g/mol. The van der Waals surface area contributed by atoms with E-state index >= 15 is 0 Å². The molecule has 1 N–H and O–H groups in total. The lowest BCUT2D eigenvalue weighted by molar-refractivity contribution is -0.157. The molecule has 2 aromatic rings. The van der Waals surface area contributed by atoms with Crippen LogP contribution in [0.1, 0.15) is 42.8 Å². The van der Waals surface area contributed by atoms with E-state index in [-0.39, 0.29) is 18.5 Å². The molecule has 1 aliphatic heterocycles. The molecule has 0 bridgehead atoms. The Morgan fingerprint density at radius 1 is 1.24 bits per heavy atom. The Morgan fingerprint density at radius 3 is 2.80 bits per heavy atom. The van der Waals surface area contributed by atoms with E-state index in [9.17, 15) is 13.2 Å². The number of halogens is 3. The van der Waals surface area contributed by atoms with Crippen molar-refractivity contribution in [2.75, 3.05) is 18.4 Å². The van der Waals surface area contributed by atoms with Gasteiger partial charge in [-0.05, 0) is 25.3 Å². The number of aromatic nitrogens is 4. The zero-order chi connectivity index (χ0) is 17.4. The van der Waals surface area contributed by atoms with Crippen LogP contribution in [0.3, 0.4) is 0 Å². The second kappa shape index (κ2) is 6.25. The van der Waals surface area contributed by atoms with Crippen LogP contribution in [-0.2, 0) is 12.7 Å². The third kappa shape index (κ3) is 3.89. The third-order valence-corrected chi connectivity index (χ3v) is 4.31. The Balaban J connectivity index is 1.32. The van der Waals surface area contributed by atoms with E-state index in [4.69, 9.17) is 0 Å². The number of nitrogens with zero attached hydrogens (tertiary/aromatic N) is 5. The summed E-state index contributed by atoms with van der Waals surface area (Å²) >= 11 is 0. The molecule has 1 saturated heterocycles. The first-order chi connectivity index (χ1) is 12.0. The van der Waals surface area contributed by atoms with Gasteiger partial charge in [-0.15, -0.1) is 10.2 Å². The lowest BCUT2D eigenvalue weighted by atomic mass is 10.2. The van der Waals surface area contributed by atoms with E-state index < -0.39 is 12.1 Å². The number of hydrogen-bond acceptors (Lipinski definition) is 7. The fraction of sp³-hybridized carbons (Fsp3) is 0.600. The molecule has 0 spiro atoms. The quantitative estimate of drug-likeness (QED) is 0.883. The lowest BCUT2D eigenvalue weighted by Crippen LogP contribution is -2.26. The van der Waals surface area contributed by atoms with Crippen LogP contribution >= 0.6 is 0 Å². The minimum atomic E-state index is -4.60. The number of nitrogens with one attached hydrogen (secondary N) is 1. The maximum Gasteiger partial charge on any atom is 0.470 e. The molecule has 1 unspecified atom stereocenters. The van der Waals surface area contributed by atoms with Gasteiger partial charge in [-0.2, -0.15) is 13.2 Å². The molecule has 10 heteroatoms. The smallest absolute Gasteiger partial charge is 0.416 e. The van der Waals surface area contributed by atoms with Crippen molar-refractivity contribution in [3.8, 4) is 0 Å². The first kappa shape index (κ1) is 16.2. The number of likely N-dealkylation sites (tertiary alicyclic amines) is 1. The van der Waals surface area contributed by atoms with Crippen LogP contribution < -0.4 is 5.32 Å². The van der Waals surface area contributed by atoms with Crippen LogP contribution in [0.15, 0.2) is 16.7 Å². The molecule has 0 radical (unpaired) electrons. The second-order valence-corrected chi connectivity index (χ2v) is 6.44. The Morgan fingerprint density at radius 2 is 2.08 bits per heavy atom. The second-order valence-electron chi connectivity index (χ2n) is 6.44. The number of rotatable bonds is 5. The van der Waals surface area contributed by atoms with E-state index in [1.54, 1.807) is 6.20 Å². The Bertz CT molecular complexity index is 745. The Kier molecular flexibility index (Phi) is 4.06. The molecule has 2 aliphatic rings. The molecule has 7 nitrogen and oxygen atoms in total. The van der Waals surface area contributed by atoms with Gasteiger partial charge in [0.2, 0.25) is 5.89 Å². The standard InChI is InChI=1S/C15H17F3N6O/c16-15(17,18)14-23-22-12(25-14)8-24-6-4-10(7-24)20-11-3-5-19-13(21-11)9-1-2-9/h3,5,9-10H,1-2,4,6-8H2,(H,19,20,21). The summed E-state index contributed by atoms with van der Waals surface area (Å²) in [5, 5.41) is 9.89. The predicted octanol–water partition coefficient (Wildman–Crippen LogP) is 2.44. The molecule has 25 heavy (non-hydrogen) atoms. The molecular formula is C15H17F3N6O. The maximum atomic E-state index is 12.5. The van der Waals surface area contributed by atoms with Gasteiger partial charge in [0.05, 0.1) is 6.54 Å². The fourth-order valence-electron chi connectivity index (χ4n) is 2.92. The molecular weight excluding hydrogens is 337 g/mol. The summed E-state index contributed by atoms with van der Waals surface area (Å²) < 4.78 is 42.1. The number of anilines is 1. The highest BCUT2D eigenvalue weighted by atomic mass is 19.4. The van der Waals surface area contributed by atoms with E-state index in [0.717, 1.165) is 37.4 Å². The van der Waals surface area contributed by atoms with Crippen molar-refractivity contribution in [2.45, 2.75) is 43.9 Å². The summed E-state index contributed by atoms with van der Waals surface area (Å²) in [7, 11) is 0. The first-order valence-corrected chi connectivity index (χ1v) is 8.19. The zero-order valence-corrected chi connectivity index (χ0v) is 13.3. The average Bonchev–Trinajstić information content (AvgIpc) is 3.15. The molecule has 1 saturated carbocycles. The van der Waals surface area contributed by atoms with Crippen LogP contribution in [0.5, 0.6) is 0 Å². The van der Waals surface area contributed by atoms with Gasteiger partial charge in [-0.25, -0.2) is 9.97 Å². The van der Waals surface area contributed by atoms with Gasteiger partial charge in [0.15, 0.2) is 0 Å². The first-order valence-electron chi connectivity index (χ1n) is 8.19. The van der Waals surface area contributed by atoms with Gasteiger partial charge >= 0.3 is 12.1 Å². The third-order valence-electron chi connectivity index (χ3n) is 4.31. The van der Waals surface area contributed by atoms with E-state index in [1.807, 2.05) is 11.0 Å². The maximum absolute atomic E-state index is 12.5. The number of alkyl halides is 3. The van der Waals surface area contributed by atoms with Gasteiger partial charge in [0, 0.05) is 31.2 Å². The van der Waals surface area contributed by atoms with Gasteiger partial charge < -0.3 is 9.73 Å². The highest BCUT2D eigenvalue weighted by molar-refractivity contribution is 5.35. The minimum Gasteiger partial charge on any atom is -0.416 e. The van der Waals surface area contributed by atoms with Crippen molar-refractivity contribution in [1.29, 1.82) is 0 Å². The molecule has 2 aromatic heterocycles. The van der Waals surface area contributed by atoms with Crippen molar-refractivity contribution < 1.29 is 17.6 Å². The summed E-state index contributed by atoms with van der Waals surface area (Å²) in [5.74, 6) is 0.837. The van der Waals surface area contributed by atoms with E-state index in [1.165, 1.54) is 0 Å². The van der Waals surface area contributed by atoms with Gasteiger partial charge in [-0.1, -0.05) is 0 Å². The van der Waals surface area contributed by atoms with Gasteiger partial charge in [-0.3, -0.25) is 4.90 Å². The van der Waals surface area contributed by atoms with Crippen molar-refractivity contribution in [3.05, 3.63) is 29.9 Å². The summed E-state index contributed by atoms with van der Waals surface area (Å²) in [6.07, 6.45) is 0.304. The molecule has 1 aliphatic carbocycles. The van der Waals surface area contributed by atoms with Crippen LogP contribution in [0, 0.1) is 0 Å². The Hall–Kier alpha value is -2.23. The van der Waals surface area contributed by atoms with Crippen molar-refractivity contribution >= 4 is 5.82 Å². The summed E-state index contributed by atoms with van der Waals surface area (Å²) in [4.78, 5) is 10.8. The molecule has 134 valence electrons. The molecule has 2 fully saturated rings. The topological polar surface area (TPSA) is 80.0 Å². The van der Waals surface area contributed by atoms with E-state index in [2.05, 4.69) is 29.9 Å². The van der Waals surface area contributed by atoms with Crippen LogP contribution in [-0.4, -0.2) is 44.2 Å². The summed E-state index contributed by atoms with van der Waals surface area (Å²) in [6.45, 7) is 1.62. The van der Waals surface area contributed by atoms with E-state index in [0.29, 0.717) is 12.5 Å². The predicted molar refractivity (Wildman–Crippen MR) is 80.6 cm³/mol. The van der Waals surface area contributed by atoms with Crippen LogP contribution in [0.25, 0.3) is 0 Å². The monoisotopic (exact) mass is 354 g/mol. The largest absolute Gasteiger partial charge is 0.470 e. The molecule has 4 rings (SSSR count). The van der Waals surface area contributed by atoms with Crippen molar-refractivity contribution in [1.82, 2.24) is 25.1 Å². The SMILES string of the molecule is FC(F)(F)c1nnc(CN2CCC(Nc3ccnc(C4CC4)n3)C2)o1. The normalized spacial score (nSPS) is 21.6. The van der Waals surface area contributed by atoms with Crippen LogP contribution in [0.4, 0.5) is 19.0 Å². The number of hydrogen-bond donors (Lipinski definition) is 1. The summed E-state index contributed by atoms with van der Waals surface area (Å²) in [5.41, 5.74) is 0. The molecule has 1 atom stereocenters. The molecule has 3 heterocycles. The Labute approximate surface area is 141 Å². The van der Waals surface area contributed by atoms with Crippen molar-refractivity contribution in [2.24, 2.45) is 0 Å². The van der Waals surface area contributed by atoms with Crippen LogP contribution in [0.2, 0.25) is 0 Å².